The van der Waals surface area contributed by atoms with Crippen molar-refractivity contribution < 1.29 is 13.2 Å². The zero-order valence-corrected chi connectivity index (χ0v) is 12.1. The summed E-state index contributed by atoms with van der Waals surface area (Å²) in [6, 6.07) is 0.791. The first-order valence-electron chi connectivity index (χ1n) is 6.74. The first-order chi connectivity index (χ1) is 8.53. The Morgan fingerprint density at radius 2 is 2.11 bits per heavy atom. The molecular formula is C12H24N2O3S. The maximum Gasteiger partial charge on any atom is 0.216 e. The van der Waals surface area contributed by atoms with Gasteiger partial charge in [-0.3, -0.25) is 0 Å². The predicted octanol–water partition coefficient (Wildman–Crippen LogP) is 0.425. The van der Waals surface area contributed by atoms with E-state index < -0.39 is 15.3 Å². The third-order valence-corrected chi connectivity index (χ3v) is 5.65. The molecule has 5 nitrogen and oxygen atoms in total. The molecule has 0 amide bonds. The second kappa shape index (κ2) is 5.86. The largest absolute Gasteiger partial charge is 0.383 e. The van der Waals surface area contributed by atoms with Crippen LogP contribution in [0.5, 0.6) is 0 Å². The fraction of sp³-hybridized carbons (Fsp3) is 1.00. The topological polar surface area (TPSA) is 58.6 Å². The van der Waals surface area contributed by atoms with Gasteiger partial charge in [-0.1, -0.05) is 0 Å². The second-order valence-corrected chi connectivity index (χ2v) is 7.72. The van der Waals surface area contributed by atoms with Crippen molar-refractivity contribution in [1.29, 1.82) is 0 Å². The first kappa shape index (κ1) is 14.2. The Bertz CT molecular complexity index is 368. The predicted molar refractivity (Wildman–Crippen MR) is 71.0 cm³/mol. The molecule has 2 aliphatic rings. The van der Waals surface area contributed by atoms with Crippen LogP contribution in [0.2, 0.25) is 0 Å². The van der Waals surface area contributed by atoms with Crippen LogP contribution < -0.4 is 4.72 Å². The zero-order valence-electron chi connectivity index (χ0n) is 11.3. The van der Waals surface area contributed by atoms with E-state index in [1.807, 2.05) is 0 Å². The highest BCUT2D eigenvalue weighted by Gasteiger charge is 2.34. The fourth-order valence-electron chi connectivity index (χ4n) is 2.50. The van der Waals surface area contributed by atoms with Crippen LogP contribution in [0.3, 0.4) is 0 Å². The lowest BCUT2D eigenvalue weighted by Gasteiger charge is -2.17. The van der Waals surface area contributed by atoms with Crippen molar-refractivity contribution in [2.75, 3.05) is 33.4 Å². The fourth-order valence-corrected chi connectivity index (χ4v) is 3.57. The van der Waals surface area contributed by atoms with Crippen molar-refractivity contribution in [3.8, 4) is 0 Å². The number of methoxy groups -OCH3 is 1. The number of rotatable bonds is 7. The van der Waals surface area contributed by atoms with Crippen LogP contribution >= 0.6 is 0 Å². The van der Waals surface area contributed by atoms with Gasteiger partial charge in [-0.05, 0) is 38.6 Å². The maximum absolute atomic E-state index is 11.9. The van der Waals surface area contributed by atoms with Gasteiger partial charge in [0.15, 0.2) is 0 Å². The monoisotopic (exact) mass is 276 g/mol. The molecule has 0 bridgehead atoms. The van der Waals surface area contributed by atoms with Crippen molar-refractivity contribution in [3.05, 3.63) is 0 Å². The average molecular weight is 276 g/mol. The quantitative estimate of drug-likeness (QED) is 0.732. The minimum absolute atomic E-state index is 0.244. The van der Waals surface area contributed by atoms with Crippen LogP contribution in [0.25, 0.3) is 0 Å². The molecule has 1 aliphatic carbocycles. The lowest BCUT2D eigenvalue weighted by Crippen LogP contribution is -2.38. The molecule has 0 unspecified atom stereocenters. The summed E-state index contributed by atoms with van der Waals surface area (Å²) in [4.78, 5) is 2.50. The van der Waals surface area contributed by atoms with E-state index in [1.54, 1.807) is 6.92 Å². The van der Waals surface area contributed by atoms with Gasteiger partial charge in [0.1, 0.15) is 0 Å². The Balaban J connectivity index is 1.74. The van der Waals surface area contributed by atoms with Crippen LogP contribution in [-0.2, 0) is 14.8 Å². The Kier molecular flexibility index (Phi) is 4.64. The Morgan fingerprint density at radius 3 is 2.72 bits per heavy atom. The molecule has 2 fully saturated rings. The van der Waals surface area contributed by atoms with Crippen LogP contribution in [0.15, 0.2) is 0 Å². The molecule has 1 N–H and O–H groups in total. The lowest BCUT2D eigenvalue weighted by molar-refractivity contribution is 0.200. The molecule has 2 atom stereocenters. The second-order valence-electron chi connectivity index (χ2n) is 5.54. The van der Waals surface area contributed by atoms with E-state index in [2.05, 4.69) is 9.62 Å². The lowest BCUT2D eigenvalue weighted by atomic mass is 10.1. The van der Waals surface area contributed by atoms with Gasteiger partial charge in [-0.15, -0.1) is 0 Å². The molecule has 6 heteroatoms. The van der Waals surface area contributed by atoms with E-state index >= 15 is 0 Å². The summed E-state index contributed by atoms with van der Waals surface area (Å²) in [7, 11) is -1.70. The van der Waals surface area contributed by atoms with Gasteiger partial charge >= 0.3 is 0 Å². The number of nitrogens with one attached hydrogen (secondary N) is 1. The van der Waals surface area contributed by atoms with E-state index in [0.717, 1.165) is 25.6 Å². The first-order valence-corrected chi connectivity index (χ1v) is 8.29. The highest BCUT2D eigenvalue weighted by atomic mass is 32.2. The highest BCUT2D eigenvalue weighted by molar-refractivity contribution is 7.90. The van der Waals surface area contributed by atoms with Crippen LogP contribution in [0.1, 0.15) is 26.2 Å². The highest BCUT2D eigenvalue weighted by Crippen LogP contribution is 2.31. The minimum Gasteiger partial charge on any atom is -0.383 e. The molecule has 0 spiro atoms. The maximum atomic E-state index is 11.9. The standard InChI is InChI=1S/C12H24N2O3S/c1-10(9-17-2)18(15,16)13-7-11-5-6-14(8-11)12-3-4-12/h10-13H,3-9H2,1-2H3/t10-,11-/m0/s1. The van der Waals surface area contributed by atoms with Crippen molar-refractivity contribution in [2.24, 2.45) is 5.92 Å². The Hall–Kier alpha value is -0.170. The van der Waals surface area contributed by atoms with Gasteiger partial charge in [-0.2, -0.15) is 0 Å². The summed E-state index contributed by atoms with van der Waals surface area (Å²) in [6.07, 6.45) is 3.75. The average Bonchev–Trinajstić information content (AvgIpc) is 3.07. The summed E-state index contributed by atoms with van der Waals surface area (Å²) >= 11 is 0. The summed E-state index contributed by atoms with van der Waals surface area (Å²) < 4.78 is 31.4. The minimum atomic E-state index is -3.23. The van der Waals surface area contributed by atoms with Crippen LogP contribution in [0, 0.1) is 5.92 Å². The van der Waals surface area contributed by atoms with Gasteiger partial charge in [0, 0.05) is 26.2 Å². The van der Waals surface area contributed by atoms with Gasteiger partial charge in [0.2, 0.25) is 10.0 Å². The molecule has 106 valence electrons. The normalized spacial score (nSPS) is 27.6. The molecule has 0 aromatic rings. The summed E-state index contributed by atoms with van der Waals surface area (Å²) in [5.41, 5.74) is 0. The molecule has 2 rings (SSSR count). The van der Waals surface area contributed by atoms with Gasteiger partial charge in [0.05, 0.1) is 11.9 Å². The van der Waals surface area contributed by atoms with Crippen molar-refractivity contribution >= 4 is 10.0 Å². The molecule has 1 aliphatic heterocycles. The number of hydrogen-bond acceptors (Lipinski definition) is 4. The number of hydrogen-bond donors (Lipinski definition) is 1. The third-order valence-electron chi connectivity index (χ3n) is 3.88. The molecule has 0 aromatic heterocycles. The molecule has 1 saturated heterocycles. The van der Waals surface area contributed by atoms with Crippen LogP contribution in [-0.4, -0.2) is 58.0 Å². The summed E-state index contributed by atoms with van der Waals surface area (Å²) in [5, 5.41) is -0.483. The molecule has 1 saturated carbocycles. The van der Waals surface area contributed by atoms with E-state index in [-0.39, 0.29) is 6.61 Å². The van der Waals surface area contributed by atoms with E-state index in [1.165, 1.54) is 20.0 Å². The van der Waals surface area contributed by atoms with Gasteiger partial charge < -0.3 is 9.64 Å². The van der Waals surface area contributed by atoms with E-state index in [9.17, 15) is 8.42 Å². The molecule has 0 radical (unpaired) electrons. The van der Waals surface area contributed by atoms with Gasteiger partial charge in [-0.25, -0.2) is 13.1 Å². The van der Waals surface area contributed by atoms with Crippen molar-refractivity contribution in [1.82, 2.24) is 9.62 Å². The molecular weight excluding hydrogens is 252 g/mol. The smallest absolute Gasteiger partial charge is 0.216 e. The molecule has 18 heavy (non-hydrogen) atoms. The zero-order chi connectivity index (χ0) is 13.2. The molecule has 1 heterocycles. The summed E-state index contributed by atoms with van der Waals surface area (Å²) in [5.74, 6) is 0.468. The van der Waals surface area contributed by atoms with Gasteiger partial charge in [0.25, 0.3) is 0 Å². The molecule has 0 aromatic carbocycles. The third kappa shape index (κ3) is 3.66. The van der Waals surface area contributed by atoms with Crippen molar-refractivity contribution in [2.45, 2.75) is 37.5 Å². The Labute approximate surface area is 110 Å². The van der Waals surface area contributed by atoms with E-state index in [0.29, 0.717) is 12.5 Å². The van der Waals surface area contributed by atoms with Crippen molar-refractivity contribution in [3.63, 3.8) is 0 Å². The number of sulfonamides is 1. The Morgan fingerprint density at radius 1 is 1.39 bits per heavy atom. The number of ether oxygens (including phenoxy) is 1. The SMILES string of the molecule is COC[C@H](C)S(=O)(=O)NC[C@@H]1CCN(C2CC2)C1. The number of nitrogens with zero attached hydrogens (tertiary/aromatic N) is 1. The number of likely N-dealkylation sites (tertiary alicyclic amines) is 1. The van der Waals surface area contributed by atoms with Crippen LogP contribution in [0.4, 0.5) is 0 Å². The summed E-state index contributed by atoms with van der Waals surface area (Å²) in [6.45, 7) is 4.67. The van der Waals surface area contributed by atoms with E-state index in [4.69, 9.17) is 4.74 Å².